The predicted molar refractivity (Wildman–Crippen MR) is 84.3 cm³/mol. The van der Waals surface area contributed by atoms with Gasteiger partial charge in [-0.25, -0.2) is 4.79 Å². The standard InChI is InChI=1S/C16H22N4O2/c1-13(7-8-21)19-16(22)17-9-15-10-18-20(12-15)11-14-5-3-2-4-6-14/h2-6,10,12-13,21H,7-9,11H2,1H3,(H2,17,19,22)/t13-/m1/s1. The highest BCUT2D eigenvalue weighted by atomic mass is 16.3. The molecule has 3 N–H and O–H groups in total. The normalized spacial score (nSPS) is 11.9. The Kier molecular flexibility index (Phi) is 5.97. The number of urea groups is 1. The summed E-state index contributed by atoms with van der Waals surface area (Å²) in [5, 5.41) is 18.6. The summed E-state index contributed by atoms with van der Waals surface area (Å²) in [6, 6.07) is 9.80. The summed E-state index contributed by atoms with van der Waals surface area (Å²) < 4.78 is 1.85. The average molecular weight is 302 g/mol. The summed E-state index contributed by atoms with van der Waals surface area (Å²) >= 11 is 0. The number of aliphatic hydroxyl groups excluding tert-OH is 1. The van der Waals surface area contributed by atoms with Crippen LogP contribution in [0.4, 0.5) is 4.79 Å². The van der Waals surface area contributed by atoms with Gasteiger partial charge in [0.25, 0.3) is 0 Å². The van der Waals surface area contributed by atoms with Gasteiger partial charge in [0.1, 0.15) is 0 Å². The molecule has 0 unspecified atom stereocenters. The lowest BCUT2D eigenvalue weighted by Crippen LogP contribution is -2.40. The Morgan fingerprint density at radius 1 is 1.32 bits per heavy atom. The van der Waals surface area contributed by atoms with Crippen LogP contribution in [0.3, 0.4) is 0 Å². The third kappa shape index (κ3) is 5.21. The van der Waals surface area contributed by atoms with E-state index in [-0.39, 0.29) is 18.7 Å². The summed E-state index contributed by atoms with van der Waals surface area (Å²) in [7, 11) is 0. The van der Waals surface area contributed by atoms with Crippen LogP contribution in [0.25, 0.3) is 0 Å². The van der Waals surface area contributed by atoms with E-state index in [9.17, 15) is 4.79 Å². The fourth-order valence-corrected chi connectivity index (χ4v) is 2.08. The fourth-order valence-electron chi connectivity index (χ4n) is 2.08. The zero-order valence-electron chi connectivity index (χ0n) is 12.7. The molecule has 0 fully saturated rings. The summed E-state index contributed by atoms with van der Waals surface area (Å²) in [5.41, 5.74) is 2.13. The van der Waals surface area contributed by atoms with Crippen LogP contribution in [0.15, 0.2) is 42.7 Å². The molecule has 0 saturated heterocycles. The topological polar surface area (TPSA) is 79.2 Å². The maximum Gasteiger partial charge on any atom is 0.315 e. The maximum absolute atomic E-state index is 11.7. The van der Waals surface area contributed by atoms with Gasteiger partial charge in [0.05, 0.1) is 12.7 Å². The van der Waals surface area contributed by atoms with E-state index >= 15 is 0 Å². The molecule has 0 aliphatic heterocycles. The number of benzene rings is 1. The van der Waals surface area contributed by atoms with E-state index in [1.54, 1.807) is 6.20 Å². The van der Waals surface area contributed by atoms with Crippen LogP contribution >= 0.6 is 0 Å². The minimum atomic E-state index is -0.239. The highest BCUT2D eigenvalue weighted by molar-refractivity contribution is 5.74. The van der Waals surface area contributed by atoms with Crippen LogP contribution < -0.4 is 10.6 Å². The Morgan fingerprint density at radius 3 is 2.82 bits per heavy atom. The zero-order chi connectivity index (χ0) is 15.8. The van der Waals surface area contributed by atoms with Crippen molar-refractivity contribution in [2.24, 2.45) is 0 Å². The van der Waals surface area contributed by atoms with Gasteiger partial charge in [0.15, 0.2) is 0 Å². The molecule has 6 heteroatoms. The number of hydrogen-bond acceptors (Lipinski definition) is 3. The second-order valence-electron chi connectivity index (χ2n) is 5.27. The first kappa shape index (κ1) is 16.0. The van der Waals surface area contributed by atoms with Crippen molar-refractivity contribution < 1.29 is 9.90 Å². The summed E-state index contributed by atoms with van der Waals surface area (Å²) in [5.74, 6) is 0. The largest absolute Gasteiger partial charge is 0.396 e. The number of rotatable bonds is 7. The minimum Gasteiger partial charge on any atom is -0.396 e. The molecule has 0 spiro atoms. The quantitative estimate of drug-likeness (QED) is 0.725. The lowest BCUT2D eigenvalue weighted by Gasteiger charge is -2.12. The van der Waals surface area contributed by atoms with Crippen molar-refractivity contribution in [1.82, 2.24) is 20.4 Å². The van der Waals surface area contributed by atoms with E-state index in [4.69, 9.17) is 5.11 Å². The first-order valence-electron chi connectivity index (χ1n) is 7.38. The molecule has 118 valence electrons. The molecule has 6 nitrogen and oxygen atoms in total. The Morgan fingerprint density at radius 2 is 2.09 bits per heavy atom. The Labute approximate surface area is 130 Å². The van der Waals surface area contributed by atoms with Gasteiger partial charge < -0.3 is 15.7 Å². The predicted octanol–water partition coefficient (Wildman–Crippen LogP) is 1.50. The van der Waals surface area contributed by atoms with Crippen molar-refractivity contribution >= 4 is 6.03 Å². The van der Waals surface area contributed by atoms with Gasteiger partial charge in [-0.15, -0.1) is 0 Å². The monoisotopic (exact) mass is 302 g/mol. The zero-order valence-corrected chi connectivity index (χ0v) is 12.7. The number of hydrogen-bond donors (Lipinski definition) is 3. The van der Waals surface area contributed by atoms with Gasteiger partial charge in [0, 0.05) is 31.0 Å². The van der Waals surface area contributed by atoms with Crippen LogP contribution in [0, 0.1) is 0 Å². The lowest BCUT2D eigenvalue weighted by molar-refractivity contribution is 0.230. The van der Waals surface area contributed by atoms with Crippen LogP contribution in [0.5, 0.6) is 0 Å². The van der Waals surface area contributed by atoms with E-state index < -0.39 is 0 Å². The molecule has 22 heavy (non-hydrogen) atoms. The average Bonchev–Trinajstić information content (AvgIpc) is 2.94. The molecule has 1 heterocycles. The van der Waals surface area contributed by atoms with Crippen molar-refractivity contribution in [3.63, 3.8) is 0 Å². The van der Waals surface area contributed by atoms with Crippen molar-refractivity contribution in [2.75, 3.05) is 6.61 Å². The van der Waals surface area contributed by atoms with E-state index in [1.165, 1.54) is 5.56 Å². The number of amides is 2. The van der Waals surface area contributed by atoms with E-state index in [1.807, 2.05) is 36.0 Å². The SMILES string of the molecule is C[C@H](CCO)NC(=O)NCc1cnn(Cc2ccccc2)c1. The number of nitrogens with one attached hydrogen (secondary N) is 2. The number of carbonyl (C=O) groups is 1. The smallest absolute Gasteiger partial charge is 0.315 e. The van der Waals surface area contributed by atoms with Crippen LogP contribution in [-0.4, -0.2) is 33.6 Å². The van der Waals surface area contributed by atoms with Crippen molar-refractivity contribution in [1.29, 1.82) is 0 Å². The van der Waals surface area contributed by atoms with Crippen LogP contribution in [0.1, 0.15) is 24.5 Å². The lowest BCUT2D eigenvalue weighted by atomic mass is 10.2. The third-order valence-electron chi connectivity index (χ3n) is 3.27. The van der Waals surface area contributed by atoms with Crippen molar-refractivity contribution in [3.8, 4) is 0 Å². The van der Waals surface area contributed by atoms with E-state index in [0.717, 1.165) is 5.56 Å². The molecule has 0 aliphatic rings. The Hall–Kier alpha value is -2.34. The molecular weight excluding hydrogens is 280 g/mol. The van der Waals surface area contributed by atoms with Gasteiger partial charge in [-0.1, -0.05) is 30.3 Å². The molecule has 1 aromatic carbocycles. The number of carbonyl (C=O) groups excluding carboxylic acids is 1. The molecular formula is C16H22N4O2. The van der Waals surface area contributed by atoms with Gasteiger partial charge >= 0.3 is 6.03 Å². The van der Waals surface area contributed by atoms with Gasteiger partial charge in [-0.3, -0.25) is 4.68 Å². The first-order chi connectivity index (χ1) is 10.7. The molecule has 0 bridgehead atoms. The molecule has 0 aliphatic carbocycles. The highest BCUT2D eigenvalue weighted by Crippen LogP contribution is 2.03. The van der Waals surface area contributed by atoms with Crippen LogP contribution in [0.2, 0.25) is 0 Å². The third-order valence-corrected chi connectivity index (χ3v) is 3.27. The van der Waals surface area contributed by atoms with Crippen molar-refractivity contribution in [2.45, 2.75) is 32.5 Å². The first-order valence-corrected chi connectivity index (χ1v) is 7.38. The van der Waals surface area contributed by atoms with E-state index in [0.29, 0.717) is 19.5 Å². The molecule has 1 atom stereocenters. The summed E-state index contributed by atoms with van der Waals surface area (Å²) in [4.78, 5) is 11.7. The fraction of sp³-hybridized carbons (Fsp3) is 0.375. The number of aromatic nitrogens is 2. The number of nitrogens with zero attached hydrogens (tertiary/aromatic N) is 2. The minimum absolute atomic E-state index is 0.0502. The van der Waals surface area contributed by atoms with Crippen LogP contribution in [-0.2, 0) is 13.1 Å². The second-order valence-corrected chi connectivity index (χ2v) is 5.27. The summed E-state index contributed by atoms with van der Waals surface area (Å²) in [6.07, 6.45) is 4.22. The molecule has 2 rings (SSSR count). The molecule has 2 amide bonds. The summed E-state index contributed by atoms with van der Waals surface area (Å²) in [6.45, 7) is 3.05. The molecule has 0 radical (unpaired) electrons. The molecule has 1 aromatic heterocycles. The molecule has 0 saturated carbocycles. The van der Waals surface area contributed by atoms with Crippen molar-refractivity contribution in [3.05, 3.63) is 53.9 Å². The second kappa shape index (κ2) is 8.19. The van der Waals surface area contributed by atoms with E-state index in [2.05, 4.69) is 27.9 Å². The highest BCUT2D eigenvalue weighted by Gasteiger charge is 2.07. The molecule has 2 aromatic rings. The van der Waals surface area contributed by atoms with Gasteiger partial charge in [0.2, 0.25) is 0 Å². The Balaban J connectivity index is 1.78. The number of aliphatic hydroxyl groups is 1. The maximum atomic E-state index is 11.7. The van der Waals surface area contributed by atoms with Gasteiger partial charge in [-0.2, -0.15) is 5.10 Å². The van der Waals surface area contributed by atoms with Gasteiger partial charge in [-0.05, 0) is 18.9 Å². The Bertz CT molecular complexity index is 583.